The minimum atomic E-state index is -0.461. The van der Waals surface area contributed by atoms with E-state index in [2.05, 4.69) is 0 Å². The van der Waals surface area contributed by atoms with Gasteiger partial charge in [-0.1, -0.05) is 0 Å². The lowest BCUT2D eigenvalue weighted by Gasteiger charge is -1.98. The largest absolute Gasteiger partial charge is 0.472 e. The highest BCUT2D eigenvalue weighted by Gasteiger charge is 2.06. The van der Waals surface area contributed by atoms with E-state index in [1.807, 2.05) is 0 Å². The third-order valence-electron chi connectivity index (χ3n) is 1.76. The predicted octanol–water partition coefficient (Wildman–Crippen LogP) is 3.22. The molecule has 1 heterocycles. The van der Waals surface area contributed by atoms with Gasteiger partial charge >= 0.3 is 0 Å². The molecule has 0 atom stereocenters. The van der Waals surface area contributed by atoms with Gasteiger partial charge in [-0.2, -0.15) is 0 Å². The molecule has 0 saturated heterocycles. The first kappa shape index (κ1) is 7.98. The summed E-state index contributed by atoms with van der Waals surface area (Å²) in [6.07, 6.45) is 2.79. The predicted molar refractivity (Wildman–Crippen MR) is 44.1 cm³/mol. The lowest BCUT2D eigenvalue weighted by atomic mass is 10.1. The Morgan fingerprint density at radius 1 is 1.08 bits per heavy atom. The molecule has 0 N–H and O–H groups in total. The van der Waals surface area contributed by atoms with Crippen molar-refractivity contribution in [2.75, 3.05) is 0 Å². The molecule has 13 heavy (non-hydrogen) atoms. The first-order valence-electron chi connectivity index (χ1n) is 3.75. The standard InChI is InChI=1S/C10H6F2O/c11-8-1-2-10(12)9(5-8)7-3-4-13-6-7/h1-6H. The van der Waals surface area contributed by atoms with E-state index >= 15 is 0 Å². The van der Waals surface area contributed by atoms with Crippen LogP contribution in [0.25, 0.3) is 11.1 Å². The fraction of sp³-hybridized carbons (Fsp3) is 0. The molecule has 0 aliphatic heterocycles. The molecular weight excluding hydrogens is 174 g/mol. The molecule has 3 heteroatoms. The number of rotatable bonds is 1. The fourth-order valence-electron chi connectivity index (χ4n) is 1.14. The Labute approximate surface area is 73.6 Å². The smallest absolute Gasteiger partial charge is 0.131 e. The summed E-state index contributed by atoms with van der Waals surface area (Å²) in [6.45, 7) is 0. The molecule has 0 amide bonds. The van der Waals surface area contributed by atoms with Gasteiger partial charge in [-0.3, -0.25) is 0 Å². The lowest BCUT2D eigenvalue weighted by Crippen LogP contribution is -1.83. The van der Waals surface area contributed by atoms with Crippen molar-refractivity contribution in [2.24, 2.45) is 0 Å². The summed E-state index contributed by atoms with van der Waals surface area (Å²) < 4.78 is 30.6. The van der Waals surface area contributed by atoms with Crippen LogP contribution in [-0.4, -0.2) is 0 Å². The average Bonchev–Trinajstić information content (AvgIpc) is 2.61. The first-order valence-corrected chi connectivity index (χ1v) is 3.75. The molecule has 66 valence electrons. The van der Waals surface area contributed by atoms with E-state index in [-0.39, 0.29) is 5.56 Å². The highest BCUT2D eigenvalue weighted by molar-refractivity contribution is 5.62. The first-order chi connectivity index (χ1) is 6.27. The molecular formula is C10H6F2O. The van der Waals surface area contributed by atoms with Crippen molar-refractivity contribution in [1.29, 1.82) is 0 Å². The van der Waals surface area contributed by atoms with E-state index in [1.165, 1.54) is 12.5 Å². The van der Waals surface area contributed by atoms with Gasteiger partial charge in [0.25, 0.3) is 0 Å². The summed E-state index contributed by atoms with van der Waals surface area (Å²) in [6, 6.07) is 4.90. The van der Waals surface area contributed by atoms with Crippen molar-refractivity contribution in [1.82, 2.24) is 0 Å². The molecule has 0 spiro atoms. The third kappa shape index (κ3) is 1.45. The molecule has 0 radical (unpaired) electrons. The van der Waals surface area contributed by atoms with Crippen molar-refractivity contribution in [3.63, 3.8) is 0 Å². The zero-order valence-electron chi connectivity index (χ0n) is 6.63. The molecule has 1 aromatic carbocycles. The van der Waals surface area contributed by atoms with Crippen molar-refractivity contribution in [2.45, 2.75) is 0 Å². The molecule has 0 aliphatic carbocycles. The minimum absolute atomic E-state index is 0.216. The molecule has 2 aromatic rings. The summed E-state index contributed by atoms with van der Waals surface area (Å²) in [5.41, 5.74) is 0.755. The summed E-state index contributed by atoms with van der Waals surface area (Å²) in [5.74, 6) is -0.916. The Hall–Kier alpha value is -1.64. The maximum Gasteiger partial charge on any atom is 0.131 e. The van der Waals surface area contributed by atoms with Gasteiger partial charge < -0.3 is 4.42 Å². The van der Waals surface area contributed by atoms with Gasteiger partial charge in [0, 0.05) is 11.1 Å². The van der Waals surface area contributed by atoms with Crippen molar-refractivity contribution in [3.05, 3.63) is 48.4 Å². The van der Waals surface area contributed by atoms with E-state index < -0.39 is 11.6 Å². The third-order valence-corrected chi connectivity index (χ3v) is 1.76. The Morgan fingerprint density at radius 3 is 2.62 bits per heavy atom. The van der Waals surface area contributed by atoms with Gasteiger partial charge in [0.1, 0.15) is 11.6 Å². The number of benzene rings is 1. The lowest BCUT2D eigenvalue weighted by molar-refractivity contribution is 0.567. The van der Waals surface area contributed by atoms with Crippen LogP contribution in [0.2, 0.25) is 0 Å². The second-order valence-electron chi connectivity index (χ2n) is 2.64. The summed E-state index contributed by atoms with van der Waals surface area (Å²) in [7, 11) is 0. The molecule has 1 aromatic heterocycles. The van der Waals surface area contributed by atoms with E-state index in [4.69, 9.17) is 4.42 Å². The van der Waals surface area contributed by atoms with Gasteiger partial charge in [0.2, 0.25) is 0 Å². The number of furan rings is 1. The highest BCUT2D eigenvalue weighted by Crippen LogP contribution is 2.23. The van der Waals surface area contributed by atoms with Crippen LogP contribution in [-0.2, 0) is 0 Å². The highest BCUT2D eigenvalue weighted by atomic mass is 19.1. The van der Waals surface area contributed by atoms with Crippen molar-refractivity contribution >= 4 is 0 Å². The second-order valence-corrected chi connectivity index (χ2v) is 2.64. The van der Waals surface area contributed by atoms with Crippen LogP contribution in [0.3, 0.4) is 0 Å². The van der Waals surface area contributed by atoms with Crippen LogP contribution < -0.4 is 0 Å². The van der Waals surface area contributed by atoms with Crippen LogP contribution in [0.4, 0.5) is 8.78 Å². The maximum atomic E-state index is 13.1. The summed E-state index contributed by atoms with van der Waals surface area (Å²) >= 11 is 0. The van der Waals surface area contributed by atoms with Crippen LogP contribution in [0.1, 0.15) is 0 Å². The molecule has 0 bridgehead atoms. The van der Waals surface area contributed by atoms with Crippen LogP contribution in [0.15, 0.2) is 41.2 Å². The summed E-state index contributed by atoms with van der Waals surface area (Å²) in [4.78, 5) is 0. The Bertz CT molecular complexity index is 407. The average molecular weight is 180 g/mol. The van der Waals surface area contributed by atoms with Crippen LogP contribution in [0, 0.1) is 11.6 Å². The fourth-order valence-corrected chi connectivity index (χ4v) is 1.14. The zero-order valence-corrected chi connectivity index (χ0v) is 6.63. The van der Waals surface area contributed by atoms with Gasteiger partial charge in [-0.25, -0.2) is 8.78 Å². The number of hydrogen-bond donors (Lipinski definition) is 0. The van der Waals surface area contributed by atoms with Crippen LogP contribution >= 0.6 is 0 Å². The molecule has 0 saturated carbocycles. The summed E-state index contributed by atoms with van der Waals surface area (Å²) in [5, 5.41) is 0. The molecule has 0 unspecified atom stereocenters. The topological polar surface area (TPSA) is 13.1 Å². The molecule has 2 rings (SSSR count). The Kier molecular flexibility index (Phi) is 1.85. The van der Waals surface area contributed by atoms with Gasteiger partial charge in [0.15, 0.2) is 0 Å². The Morgan fingerprint density at radius 2 is 1.92 bits per heavy atom. The van der Waals surface area contributed by atoms with Gasteiger partial charge in [0.05, 0.1) is 12.5 Å². The molecule has 1 nitrogen and oxygen atoms in total. The van der Waals surface area contributed by atoms with E-state index in [1.54, 1.807) is 6.07 Å². The van der Waals surface area contributed by atoms with E-state index in [0.29, 0.717) is 5.56 Å². The van der Waals surface area contributed by atoms with Gasteiger partial charge in [-0.05, 0) is 24.3 Å². The quantitative estimate of drug-likeness (QED) is 0.656. The zero-order chi connectivity index (χ0) is 9.26. The molecule has 0 aliphatic rings. The maximum absolute atomic E-state index is 13.1. The molecule has 0 fully saturated rings. The van der Waals surface area contributed by atoms with E-state index in [9.17, 15) is 8.78 Å². The minimum Gasteiger partial charge on any atom is -0.472 e. The van der Waals surface area contributed by atoms with Gasteiger partial charge in [-0.15, -0.1) is 0 Å². The normalized spacial score (nSPS) is 10.3. The van der Waals surface area contributed by atoms with Crippen molar-refractivity contribution in [3.8, 4) is 11.1 Å². The van der Waals surface area contributed by atoms with Crippen LogP contribution in [0.5, 0.6) is 0 Å². The number of hydrogen-bond acceptors (Lipinski definition) is 1. The number of halogens is 2. The monoisotopic (exact) mass is 180 g/mol. The van der Waals surface area contributed by atoms with Crippen molar-refractivity contribution < 1.29 is 13.2 Å². The second kappa shape index (κ2) is 3.01. The SMILES string of the molecule is Fc1ccc(F)c(-c2ccoc2)c1. The van der Waals surface area contributed by atoms with E-state index in [0.717, 1.165) is 18.2 Å². The Balaban J connectivity index is 2.57.